The lowest BCUT2D eigenvalue weighted by Crippen LogP contribution is -2.25. The van der Waals surface area contributed by atoms with Gasteiger partial charge < -0.3 is 9.72 Å². The van der Waals surface area contributed by atoms with E-state index in [9.17, 15) is 9.59 Å². The van der Waals surface area contributed by atoms with Crippen LogP contribution in [0, 0.1) is 0 Å². The van der Waals surface area contributed by atoms with E-state index >= 15 is 0 Å². The largest absolute Gasteiger partial charge is 0.454 e. The number of halogens is 1. The number of hydrogen-bond acceptors (Lipinski definition) is 3. The van der Waals surface area contributed by atoms with Crippen molar-refractivity contribution in [1.29, 1.82) is 0 Å². The van der Waals surface area contributed by atoms with Gasteiger partial charge in [0.1, 0.15) is 0 Å². The van der Waals surface area contributed by atoms with Crippen molar-refractivity contribution < 1.29 is 14.3 Å². The molecule has 0 aliphatic heterocycles. The molecule has 3 aromatic rings. The van der Waals surface area contributed by atoms with Crippen LogP contribution in [0.15, 0.2) is 59.2 Å². The zero-order valence-corrected chi connectivity index (χ0v) is 14.7. The zero-order chi connectivity index (χ0) is 17.1. The number of carbonyl (C=O) groups excluding carboxylic acids is 2. The van der Waals surface area contributed by atoms with Crippen LogP contribution >= 0.6 is 15.9 Å². The Morgan fingerprint density at radius 3 is 2.58 bits per heavy atom. The second kappa shape index (κ2) is 7.01. The van der Waals surface area contributed by atoms with Gasteiger partial charge >= 0.3 is 5.97 Å². The second-order valence-electron chi connectivity index (χ2n) is 5.55. The van der Waals surface area contributed by atoms with Crippen LogP contribution in [0.25, 0.3) is 10.9 Å². The maximum atomic E-state index is 12.5. The Labute approximate surface area is 148 Å². The molecular weight excluding hydrogens is 370 g/mol. The van der Waals surface area contributed by atoms with Crippen LogP contribution in [0.4, 0.5) is 0 Å². The highest BCUT2D eigenvalue weighted by Gasteiger charge is 2.22. The average Bonchev–Trinajstić information content (AvgIpc) is 3.00. The summed E-state index contributed by atoms with van der Waals surface area (Å²) in [7, 11) is 0. The molecule has 0 saturated heterocycles. The Morgan fingerprint density at radius 1 is 1.12 bits per heavy atom. The van der Waals surface area contributed by atoms with Crippen LogP contribution in [0.3, 0.4) is 0 Å². The van der Waals surface area contributed by atoms with Gasteiger partial charge in [-0.2, -0.15) is 0 Å². The van der Waals surface area contributed by atoms with Crippen molar-refractivity contribution in [3.8, 4) is 0 Å². The molecule has 1 atom stereocenters. The van der Waals surface area contributed by atoms with Gasteiger partial charge in [0.05, 0.1) is 6.42 Å². The van der Waals surface area contributed by atoms with Gasteiger partial charge in [0.25, 0.3) is 0 Å². The lowest BCUT2D eigenvalue weighted by Gasteiger charge is -2.12. The molecule has 0 bridgehead atoms. The Balaban J connectivity index is 1.67. The highest BCUT2D eigenvalue weighted by Crippen LogP contribution is 2.20. The van der Waals surface area contributed by atoms with Gasteiger partial charge in [-0.15, -0.1) is 0 Å². The zero-order valence-electron chi connectivity index (χ0n) is 13.1. The summed E-state index contributed by atoms with van der Waals surface area (Å²) in [4.78, 5) is 27.7. The third kappa shape index (κ3) is 3.57. The first kappa shape index (κ1) is 16.5. The topological polar surface area (TPSA) is 59.2 Å². The van der Waals surface area contributed by atoms with Gasteiger partial charge in [0, 0.05) is 27.1 Å². The van der Waals surface area contributed by atoms with E-state index in [4.69, 9.17) is 4.74 Å². The van der Waals surface area contributed by atoms with Gasteiger partial charge in [-0.3, -0.25) is 9.59 Å². The fraction of sp³-hybridized carbons (Fsp3) is 0.158. The van der Waals surface area contributed by atoms with Gasteiger partial charge in [-0.05, 0) is 30.7 Å². The number of benzene rings is 2. The van der Waals surface area contributed by atoms with Crippen molar-refractivity contribution >= 4 is 38.6 Å². The number of hydrogen-bond donors (Lipinski definition) is 1. The van der Waals surface area contributed by atoms with E-state index in [2.05, 4.69) is 20.9 Å². The van der Waals surface area contributed by atoms with Crippen molar-refractivity contribution in [2.24, 2.45) is 0 Å². The SMILES string of the molecule is C[C@@H](OC(=O)Cc1ccc(Br)cc1)C(=O)c1c[nH]c2ccccc12. The predicted molar refractivity (Wildman–Crippen MR) is 96.0 cm³/mol. The Hall–Kier alpha value is -2.40. The average molecular weight is 386 g/mol. The molecule has 3 rings (SSSR count). The number of rotatable bonds is 5. The molecule has 0 amide bonds. The molecule has 0 aliphatic rings. The number of aromatic amines is 1. The molecule has 0 radical (unpaired) electrons. The first-order valence-corrected chi connectivity index (χ1v) is 8.38. The normalized spacial score (nSPS) is 12.1. The van der Waals surface area contributed by atoms with Gasteiger partial charge in [-0.1, -0.05) is 46.3 Å². The maximum absolute atomic E-state index is 12.5. The van der Waals surface area contributed by atoms with Crippen LogP contribution in [0.1, 0.15) is 22.8 Å². The Morgan fingerprint density at radius 2 is 1.83 bits per heavy atom. The fourth-order valence-corrected chi connectivity index (χ4v) is 2.82. The van der Waals surface area contributed by atoms with Gasteiger partial charge in [-0.25, -0.2) is 0 Å². The molecule has 1 N–H and O–H groups in total. The Kier molecular flexibility index (Phi) is 4.81. The minimum atomic E-state index is -0.827. The number of esters is 1. The van der Waals surface area contributed by atoms with E-state index in [1.165, 1.54) is 0 Å². The van der Waals surface area contributed by atoms with Crippen molar-refractivity contribution in [2.75, 3.05) is 0 Å². The van der Waals surface area contributed by atoms with E-state index < -0.39 is 12.1 Å². The third-order valence-electron chi connectivity index (χ3n) is 3.79. The summed E-state index contributed by atoms with van der Waals surface area (Å²) in [6.45, 7) is 1.60. The number of ether oxygens (including phenoxy) is 1. The highest BCUT2D eigenvalue weighted by atomic mass is 79.9. The predicted octanol–water partition coefficient (Wildman–Crippen LogP) is 4.29. The fourth-order valence-electron chi connectivity index (χ4n) is 2.56. The Bertz CT molecular complexity index is 883. The molecule has 122 valence electrons. The van der Waals surface area contributed by atoms with Gasteiger partial charge in [0.15, 0.2) is 6.10 Å². The number of fused-ring (bicyclic) bond motifs is 1. The van der Waals surface area contributed by atoms with Crippen molar-refractivity contribution in [3.63, 3.8) is 0 Å². The standard InChI is InChI=1S/C19H16BrNO3/c1-12(24-18(22)10-13-6-8-14(20)9-7-13)19(23)16-11-21-17-5-3-2-4-15(16)17/h2-9,11-12,21H,10H2,1H3/t12-/m1/s1. The van der Waals surface area contributed by atoms with E-state index in [-0.39, 0.29) is 12.2 Å². The molecule has 0 spiro atoms. The second-order valence-corrected chi connectivity index (χ2v) is 6.46. The summed E-state index contributed by atoms with van der Waals surface area (Å²) in [5, 5.41) is 0.832. The molecule has 0 unspecified atom stereocenters. The summed E-state index contributed by atoms with van der Waals surface area (Å²) in [5.41, 5.74) is 2.26. The number of para-hydroxylation sites is 1. The molecular formula is C19H16BrNO3. The molecule has 0 fully saturated rings. The molecule has 0 saturated carbocycles. The number of Topliss-reactive ketones (excluding diaryl/α,β-unsaturated/α-hetero) is 1. The maximum Gasteiger partial charge on any atom is 0.310 e. The van der Waals surface area contributed by atoms with E-state index in [0.717, 1.165) is 20.9 Å². The summed E-state index contributed by atoms with van der Waals surface area (Å²) >= 11 is 3.35. The number of H-pyrrole nitrogens is 1. The first-order valence-electron chi connectivity index (χ1n) is 7.59. The molecule has 1 aromatic heterocycles. The molecule has 0 aliphatic carbocycles. The lowest BCUT2D eigenvalue weighted by atomic mass is 10.1. The van der Waals surface area contributed by atoms with E-state index in [1.54, 1.807) is 13.1 Å². The number of carbonyl (C=O) groups is 2. The summed E-state index contributed by atoms with van der Waals surface area (Å²) in [6, 6.07) is 15.0. The first-order chi connectivity index (χ1) is 11.5. The molecule has 2 aromatic carbocycles. The monoisotopic (exact) mass is 385 g/mol. The quantitative estimate of drug-likeness (QED) is 0.526. The molecule has 1 heterocycles. The summed E-state index contributed by atoms with van der Waals surface area (Å²) in [5.74, 6) is -0.630. The van der Waals surface area contributed by atoms with Crippen LogP contribution in [0.2, 0.25) is 0 Å². The third-order valence-corrected chi connectivity index (χ3v) is 4.32. The summed E-state index contributed by atoms with van der Waals surface area (Å²) in [6.07, 6.45) is 0.970. The smallest absolute Gasteiger partial charge is 0.310 e. The minimum absolute atomic E-state index is 0.138. The molecule has 4 nitrogen and oxygen atoms in total. The van der Waals surface area contributed by atoms with Gasteiger partial charge in [0.2, 0.25) is 5.78 Å². The van der Waals surface area contributed by atoms with E-state index in [0.29, 0.717) is 5.56 Å². The lowest BCUT2D eigenvalue weighted by molar-refractivity contribution is -0.145. The number of nitrogens with one attached hydrogen (secondary N) is 1. The van der Waals surface area contributed by atoms with Crippen LogP contribution in [0.5, 0.6) is 0 Å². The number of ketones is 1. The van der Waals surface area contributed by atoms with Crippen LogP contribution in [-0.2, 0) is 16.0 Å². The van der Waals surface area contributed by atoms with E-state index in [1.807, 2.05) is 48.5 Å². The van der Waals surface area contributed by atoms with Crippen LogP contribution < -0.4 is 0 Å². The molecule has 24 heavy (non-hydrogen) atoms. The minimum Gasteiger partial charge on any atom is -0.454 e. The summed E-state index contributed by atoms with van der Waals surface area (Å²) < 4.78 is 6.25. The number of aromatic nitrogens is 1. The van der Waals surface area contributed by atoms with Crippen molar-refractivity contribution in [2.45, 2.75) is 19.4 Å². The molecule has 5 heteroatoms. The van der Waals surface area contributed by atoms with Crippen molar-refractivity contribution in [3.05, 3.63) is 70.3 Å². The van der Waals surface area contributed by atoms with Crippen molar-refractivity contribution in [1.82, 2.24) is 4.98 Å². The van der Waals surface area contributed by atoms with Crippen LogP contribution in [-0.4, -0.2) is 22.8 Å². The highest BCUT2D eigenvalue weighted by molar-refractivity contribution is 9.10.